The second-order valence-corrected chi connectivity index (χ2v) is 16.4. The van der Waals surface area contributed by atoms with Crippen molar-refractivity contribution in [1.82, 2.24) is 10.6 Å². The first-order valence-corrected chi connectivity index (χ1v) is 21.0. The first-order chi connectivity index (χ1) is 30.2. The predicted molar refractivity (Wildman–Crippen MR) is 222 cm³/mol. The molecular weight excluding hydrogens is 856 g/mol. The first kappa shape index (κ1) is 53.3. The highest BCUT2D eigenvalue weighted by molar-refractivity contribution is 5.82. The quantitative estimate of drug-likeness (QED) is 0.0289. The minimum Gasteiger partial charge on any atom is -0.394 e. The largest absolute Gasteiger partial charge is 0.394 e. The van der Waals surface area contributed by atoms with Gasteiger partial charge in [0.05, 0.1) is 36.9 Å². The first-order valence-electron chi connectivity index (χ1n) is 21.0. The van der Waals surface area contributed by atoms with Crippen LogP contribution in [0.25, 0.3) is 0 Å². The molecule has 0 aromatic carbocycles. The molecule has 0 bridgehead atoms. The molecule has 29 N–H and O–H groups in total. The van der Waals surface area contributed by atoms with Crippen LogP contribution in [0, 0.1) is 0 Å². The summed E-state index contributed by atoms with van der Waals surface area (Å²) >= 11 is 0. The van der Waals surface area contributed by atoms with E-state index in [0.29, 0.717) is 12.8 Å². The molecule has 370 valence electrons. The SMILES string of the molecule is NC(N)=NCCCC(N)C(=O)NC[C@@H]1O[C@H](O[C@@H]2[C@H](O)[C@@H](O[C@@H]3[C@@H](O)[C@H](N)C[C@H](N)[C@H]3O[C@H]3O[C@H](CNC(=O)C(N)CCCN=C(N)N)[C@@H](O)[C@H](O)[C@H]3N)O[C@H]2CO)[C@H](N)[C@@H](O)[C@@H]1O. The van der Waals surface area contributed by atoms with Crippen molar-refractivity contribution in [1.29, 1.82) is 0 Å². The lowest BCUT2D eigenvalue weighted by Gasteiger charge is -2.47. The number of aliphatic imine (C=N–C) groups is 2. The van der Waals surface area contributed by atoms with Crippen LogP contribution in [0.5, 0.6) is 0 Å². The average Bonchev–Trinajstić information content (AvgIpc) is 3.55. The molecule has 3 aliphatic heterocycles. The van der Waals surface area contributed by atoms with Gasteiger partial charge in [-0.15, -0.1) is 0 Å². The molecule has 3 saturated heterocycles. The number of nitrogens with zero attached hydrogens (tertiary/aromatic N) is 2. The molecule has 1 saturated carbocycles. The maximum atomic E-state index is 12.7. The fourth-order valence-corrected chi connectivity index (χ4v) is 7.66. The summed E-state index contributed by atoms with van der Waals surface area (Å²) < 4.78 is 35.7. The molecule has 4 rings (SSSR count). The number of nitrogens with two attached hydrogens (primary N) is 10. The Morgan fingerprint density at radius 1 is 0.578 bits per heavy atom. The maximum Gasteiger partial charge on any atom is 0.237 e. The van der Waals surface area contributed by atoms with Crippen molar-refractivity contribution in [3.8, 4) is 0 Å². The molecule has 4 fully saturated rings. The van der Waals surface area contributed by atoms with Gasteiger partial charge in [-0.1, -0.05) is 0 Å². The monoisotopic (exact) mass is 927 g/mol. The zero-order valence-electron chi connectivity index (χ0n) is 35.3. The molecular formula is C35H70N14O15. The molecule has 2 amide bonds. The Morgan fingerprint density at radius 3 is 1.44 bits per heavy atom. The Labute approximate surface area is 368 Å². The molecule has 0 aromatic rings. The molecule has 29 nitrogen and oxygen atoms in total. The van der Waals surface area contributed by atoms with Crippen LogP contribution in [0.2, 0.25) is 0 Å². The molecule has 64 heavy (non-hydrogen) atoms. The number of carbonyl (C=O) groups excluding carboxylic acids is 2. The van der Waals surface area contributed by atoms with Crippen molar-refractivity contribution < 1.29 is 73.8 Å². The summed E-state index contributed by atoms with van der Waals surface area (Å²) in [7, 11) is 0. The lowest BCUT2D eigenvalue weighted by Crippen LogP contribution is -2.68. The van der Waals surface area contributed by atoms with Gasteiger partial charge in [0.25, 0.3) is 0 Å². The second-order valence-electron chi connectivity index (χ2n) is 16.4. The second kappa shape index (κ2) is 24.5. The molecule has 4 aliphatic rings. The summed E-state index contributed by atoms with van der Waals surface area (Å²) in [6.45, 7) is -0.938. The van der Waals surface area contributed by atoms with Gasteiger partial charge in [-0.2, -0.15) is 0 Å². The Balaban J connectivity index is 1.41. The number of ether oxygens (including phenoxy) is 6. The van der Waals surface area contributed by atoms with E-state index in [9.17, 15) is 45.3 Å². The Hall–Kier alpha value is -3.28. The van der Waals surface area contributed by atoms with Gasteiger partial charge < -0.3 is 132 Å². The highest BCUT2D eigenvalue weighted by Gasteiger charge is 2.54. The van der Waals surface area contributed by atoms with Gasteiger partial charge in [0, 0.05) is 38.3 Å². The number of rotatable bonds is 21. The molecule has 0 aromatic heterocycles. The molecule has 2 unspecified atom stereocenters. The Bertz CT molecular complexity index is 1540. The van der Waals surface area contributed by atoms with E-state index in [4.69, 9.17) is 85.8 Å². The number of aliphatic hydroxyl groups excluding tert-OH is 7. The molecule has 1 aliphatic carbocycles. The predicted octanol–water partition coefficient (Wildman–Crippen LogP) is -11.8. The number of guanidine groups is 2. The van der Waals surface area contributed by atoms with Crippen LogP contribution in [-0.4, -0.2) is 221 Å². The van der Waals surface area contributed by atoms with Crippen molar-refractivity contribution in [3.05, 3.63) is 0 Å². The van der Waals surface area contributed by atoms with Crippen molar-refractivity contribution in [2.75, 3.05) is 32.8 Å². The van der Waals surface area contributed by atoms with E-state index in [2.05, 4.69) is 20.6 Å². The van der Waals surface area contributed by atoms with Gasteiger partial charge in [-0.05, 0) is 32.1 Å². The van der Waals surface area contributed by atoms with Crippen molar-refractivity contribution in [2.24, 2.45) is 67.3 Å². The summed E-state index contributed by atoms with van der Waals surface area (Å²) in [6, 6.07) is -6.71. The van der Waals surface area contributed by atoms with Crippen LogP contribution < -0.4 is 68.0 Å². The Kier molecular flexibility index (Phi) is 20.4. The standard InChI is InChI=1S/C35H70N14O15/c36-11(3-1-5-46-34(42)43)29(57)48-8-15-21(52)23(54)18(40)31(59-15)62-26-14(39)7-13(38)20(51)28(26)64-33-25(56)27(17(10-50)61-33)63-32-19(41)24(55)22(53)16(60-32)9-49-30(58)12(37)4-2-6-47-35(44)45/h11-28,31-33,50-56H,1-10,36-41H2,(H,48,57)(H,49,58)(H4,42,43,46)(H4,44,45,47)/t11?,12?,13-,14+,15-,16+,17+,18-,19-,20+,21-,22-,23-,24-,25+,26-,27+,28-,31-,32-,33-/m1/s1. The fourth-order valence-electron chi connectivity index (χ4n) is 7.66. The van der Waals surface area contributed by atoms with Gasteiger partial charge in [-0.3, -0.25) is 19.6 Å². The third-order valence-electron chi connectivity index (χ3n) is 11.5. The van der Waals surface area contributed by atoms with E-state index in [1.54, 1.807) is 0 Å². The topological polar surface area (TPSA) is 540 Å². The number of hydrogen-bond acceptors (Lipinski definition) is 23. The molecule has 3 heterocycles. The number of aliphatic hydroxyl groups is 7. The zero-order valence-corrected chi connectivity index (χ0v) is 35.3. The fraction of sp³-hybridized carbons (Fsp3) is 0.886. The number of hydrogen-bond donors (Lipinski definition) is 19. The van der Waals surface area contributed by atoms with E-state index in [-0.39, 0.29) is 57.4 Å². The summed E-state index contributed by atoms with van der Waals surface area (Å²) in [5, 5.41) is 81.3. The van der Waals surface area contributed by atoms with E-state index in [1.807, 2.05) is 0 Å². The van der Waals surface area contributed by atoms with Crippen molar-refractivity contribution >= 4 is 23.7 Å². The number of amides is 2. The Morgan fingerprint density at radius 2 is 1.00 bits per heavy atom. The summed E-state index contributed by atoms with van der Waals surface area (Å²) in [5.74, 6) is -1.40. The van der Waals surface area contributed by atoms with E-state index in [0.717, 1.165) is 0 Å². The summed E-state index contributed by atoms with van der Waals surface area (Å²) in [4.78, 5) is 33.0. The number of carbonyl (C=O) groups is 2. The van der Waals surface area contributed by atoms with Crippen LogP contribution in [0.3, 0.4) is 0 Å². The lowest BCUT2D eigenvalue weighted by molar-refractivity contribution is -0.307. The van der Waals surface area contributed by atoms with Crippen LogP contribution >= 0.6 is 0 Å². The normalized spacial score (nSPS) is 39.9. The smallest absolute Gasteiger partial charge is 0.237 e. The van der Waals surface area contributed by atoms with Gasteiger partial charge >= 0.3 is 0 Å². The summed E-state index contributed by atoms with van der Waals surface area (Å²) in [5.41, 5.74) is 58.2. The minimum absolute atomic E-state index is 0.0173. The molecule has 0 radical (unpaired) electrons. The molecule has 0 spiro atoms. The molecule has 29 heteroatoms. The van der Waals surface area contributed by atoms with E-state index in [1.165, 1.54) is 0 Å². The lowest BCUT2D eigenvalue weighted by atomic mass is 9.84. The van der Waals surface area contributed by atoms with E-state index < -0.39 is 147 Å². The zero-order chi connectivity index (χ0) is 47.6. The van der Waals surface area contributed by atoms with Crippen LogP contribution in [0.15, 0.2) is 9.98 Å². The van der Waals surface area contributed by atoms with Crippen LogP contribution in [0.1, 0.15) is 32.1 Å². The number of nitrogens with one attached hydrogen (secondary N) is 2. The van der Waals surface area contributed by atoms with Crippen LogP contribution in [0.4, 0.5) is 0 Å². The van der Waals surface area contributed by atoms with Crippen molar-refractivity contribution in [2.45, 2.75) is 160 Å². The van der Waals surface area contributed by atoms with Gasteiger partial charge in [0.15, 0.2) is 30.8 Å². The van der Waals surface area contributed by atoms with Gasteiger partial charge in [-0.25, -0.2) is 0 Å². The van der Waals surface area contributed by atoms with Gasteiger partial charge in [0.1, 0.15) is 67.1 Å². The van der Waals surface area contributed by atoms with Crippen LogP contribution in [-0.2, 0) is 38.0 Å². The van der Waals surface area contributed by atoms with E-state index >= 15 is 0 Å². The third kappa shape index (κ3) is 13.9. The van der Waals surface area contributed by atoms with Crippen molar-refractivity contribution in [3.63, 3.8) is 0 Å². The minimum atomic E-state index is -1.76. The highest BCUT2D eigenvalue weighted by Crippen LogP contribution is 2.34. The third-order valence-corrected chi connectivity index (χ3v) is 11.5. The average molecular weight is 927 g/mol. The summed E-state index contributed by atoms with van der Waals surface area (Å²) in [6.07, 6.45) is -21.5. The molecule has 21 atom stereocenters. The van der Waals surface area contributed by atoms with Gasteiger partial charge in [0.2, 0.25) is 11.8 Å². The highest BCUT2D eigenvalue weighted by atomic mass is 16.8. The maximum absolute atomic E-state index is 12.7.